The van der Waals surface area contributed by atoms with Crippen molar-refractivity contribution in [2.75, 3.05) is 0 Å². The summed E-state index contributed by atoms with van der Waals surface area (Å²) in [5, 5.41) is 30.1. The monoisotopic (exact) mass is 395 g/mol. The van der Waals surface area contributed by atoms with Crippen LogP contribution in [0.15, 0.2) is 79.0 Å². The number of rotatable bonds is 2. The molecule has 0 fully saturated rings. The number of hydrogen-bond acceptors (Lipinski definition) is 4. The highest BCUT2D eigenvalue weighted by Crippen LogP contribution is 2.34. The summed E-state index contributed by atoms with van der Waals surface area (Å²) >= 11 is 0. The Balaban J connectivity index is 1.77. The molecule has 3 aromatic carbocycles. The molecule has 5 aromatic rings. The first kappa shape index (κ1) is 18.1. The van der Waals surface area contributed by atoms with Gasteiger partial charge < -0.3 is 4.57 Å². The number of nitrogens with zero attached hydrogens (tertiary/aromatic N) is 5. The maximum atomic E-state index is 9.55. The maximum Gasteiger partial charge on any atom is 0.101 e. The van der Waals surface area contributed by atoms with Crippen molar-refractivity contribution in [2.45, 2.75) is 0 Å². The number of benzene rings is 3. The molecular weight excluding hydrogens is 382 g/mol. The van der Waals surface area contributed by atoms with Gasteiger partial charge in [0.15, 0.2) is 0 Å². The van der Waals surface area contributed by atoms with Crippen LogP contribution in [-0.4, -0.2) is 9.55 Å². The summed E-state index contributed by atoms with van der Waals surface area (Å²) in [6.45, 7) is 0. The molecule has 0 bridgehead atoms. The van der Waals surface area contributed by atoms with Gasteiger partial charge in [-0.3, -0.25) is 4.98 Å². The molecule has 0 N–H and O–H groups in total. The van der Waals surface area contributed by atoms with Gasteiger partial charge in [-0.2, -0.15) is 15.8 Å². The zero-order chi connectivity index (χ0) is 21.4. The summed E-state index contributed by atoms with van der Waals surface area (Å²) in [5.41, 5.74) is 5.59. The Kier molecular flexibility index (Phi) is 4.19. The summed E-state index contributed by atoms with van der Waals surface area (Å²) in [6.07, 6.45) is 1.48. The normalized spacial score (nSPS) is 10.5. The highest BCUT2D eigenvalue weighted by molar-refractivity contribution is 6.09. The van der Waals surface area contributed by atoms with E-state index in [1.54, 1.807) is 6.07 Å². The largest absolute Gasteiger partial charge is 0.309 e. The number of fused-ring (bicyclic) bond motifs is 3. The number of para-hydroxylation sites is 1. The molecule has 5 rings (SSSR count). The lowest BCUT2D eigenvalue weighted by Gasteiger charge is -2.10. The quantitative estimate of drug-likeness (QED) is 0.397. The Morgan fingerprint density at radius 2 is 1.48 bits per heavy atom. The Labute approximate surface area is 178 Å². The van der Waals surface area contributed by atoms with Crippen molar-refractivity contribution in [1.82, 2.24) is 9.55 Å². The van der Waals surface area contributed by atoms with Crippen molar-refractivity contribution in [3.05, 3.63) is 95.7 Å². The minimum absolute atomic E-state index is 0.354. The van der Waals surface area contributed by atoms with Crippen LogP contribution in [-0.2, 0) is 0 Å². The molecule has 0 unspecified atom stereocenters. The fourth-order valence-corrected chi connectivity index (χ4v) is 3.95. The van der Waals surface area contributed by atoms with E-state index in [4.69, 9.17) is 5.26 Å². The molecule has 0 spiro atoms. The molecule has 2 aromatic heterocycles. The topological polar surface area (TPSA) is 89.2 Å². The van der Waals surface area contributed by atoms with Crippen LogP contribution in [0.3, 0.4) is 0 Å². The minimum atomic E-state index is 0.354. The van der Waals surface area contributed by atoms with Crippen LogP contribution in [0.25, 0.3) is 38.8 Å². The zero-order valence-corrected chi connectivity index (χ0v) is 16.2. The molecule has 2 heterocycles. The summed E-state index contributed by atoms with van der Waals surface area (Å²) in [7, 11) is 0. The van der Waals surface area contributed by atoms with E-state index in [1.165, 1.54) is 6.20 Å². The highest BCUT2D eigenvalue weighted by atomic mass is 15.0. The van der Waals surface area contributed by atoms with E-state index in [2.05, 4.69) is 33.8 Å². The maximum absolute atomic E-state index is 9.55. The smallest absolute Gasteiger partial charge is 0.101 e. The van der Waals surface area contributed by atoms with Crippen LogP contribution in [0, 0.1) is 34.0 Å². The first-order chi connectivity index (χ1) is 15.2. The molecule has 0 radical (unpaired) electrons. The average Bonchev–Trinajstić information content (AvgIpc) is 3.17. The van der Waals surface area contributed by atoms with Gasteiger partial charge in [0.2, 0.25) is 0 Å². The Morgan fingerprint density at radius 3 is 2.29 bits per heavy atom. The predicted molar refractivity (Wildman–Crippen MR) is 118 cm³/mol. The van der Waals surface area contributed by atoms with E-state index in [-0.39, 0.29) is 0 Å². The van der Waals surface area contributed by atoms with Gasteiger partial charge in [0, 0.05) is 28.2 Å². The van der Waals surface area contributed by atoms with Crippen LogP contribution < -0.4 is 0 Å². The average molecular weight is 395 g/mol. The third kappa shape index (κ3) is 2.88. The molecule has 5 nitrogen and oxygen atoms in total. The van der Waals surface area contributed by atoms with Crippen molar-refractivity contribution < 1.29 is 0 Å². The second-order valence-corrected chi connectivity index (χ2v) is 7.09. The van der Waals surface area contributed by atoms with Crippen molar-refractivity contribution in [3.63, 3.8) is 0 Å². The summed E-state index contributed by atoms with van der Waals surface area (Å²) < 4.78 is 2.14. The summed E-state index contributed by atoms with van der Waals surface area (Å²) in [5.74, 6) is 0. The molecule has 0 saturated heterocycles. The lowest BCUT2D eigenvalue weighted by atomic mass is 10.0. The van der Waals surface area contributed by atoms with E-state index in [1.807, 2.05) is 60.7 Å². The van der Waals surface area contributed by atoms with Crippen molar-refractivity contribution in [3.8, 4) is 35.2 Å². The molecule has 31 heavy (non-hydrogen) atoms. The lowest BCUT2D eigenvalue weighted by molar-refractivity contribution is 1.18. The van der Waals surface area contributed by atoms with E-state index in [9.17, 15) is 10.5 Å². The van der Waals surface area contributed by atoms with Crippen molar-refractivity contribution >= 4 is 21.8 Å². The summed E-state index contributed by atoms with van der Waals surface area (Å²) in [6, 6.07) is 29.5. The number of aromatic nitrogens is 2. The fraction of sp³-hybridized carbons (Fsp3) is 0. The predicted octanol–water partition coefficient (Wildman–Crippen LogP) is 5.46. The third-order valence-corrected chi connectivity index (χ3v) is 5.32. The lowest BCUT2D eigenvalue weighted by Crippen LogP contribution is -1.96. The van der Waals surface area contributed by atoms with Gasteiger partial charge in [-0.15, -0.1) is 0 Å². The van der Waals surface area contributed by atoms with E-state index in [0.29, 0.717) is 22.4 Å². The molecule has 0 aliphatic heterocycles. The first-order valence-corrected chi connectivity index (χ1v) is 9.58. The Morgan fingerprint density at radius 1 is 0.677 bits per heavy atom. The molecule has 0 atom stereocenters. The van der Waals surface area contributed by atoms with Gasteiger partial charge in [0.05, 0.1) is 39.5 Å². The van der Waals surface area contributed by atoms with Gasteiger partial charge in [-0.05, 0) is 42.5 Å². The van der Waals surface area contributed by atoms with E-state index in [0.717, 1.165) is 33.1 Å². The molecule has 5 heteroatoms. The van der Waals surface area contributed by atoms with Crippen LogP contribution in [0.1, 0.15) is 16.7 Å². The molecule has 0 saturated carbocycles. The van der Waals surface area contributed by atoms with Gasteiger partial charge in [-0.25, -0.2) is 0 Å². The minimum Gasteiger partial charge on any atom is -0.309 e. The summed E-state index contributed by atoms with van der Waals surface area (Å²) in [4.78, 5) is 4.37. The Bertz CT molecular complexity index is 1620. The standard InChI is InChI=1S/C26H13N5/c27-13-17-8-9-25-23(11-17)22-6-1-2-7-24(22)31(25)21-5-3-4-19(12-21)26-20(15-29)10-18(14-28)16-30-26/h1-12,16H. The number of hydrogen-bond donors (Lipinski definition) is 0. The molecule has 0 amide bonds. The van der Waals surface area contributed by atoms with Crippen molar-refractivity contribution in [2.24, 2.45) is 0 Å². The van der Waals surface area contributed by atoms with Crippen molar-refractivity contribution in [1.29, 1.82) is 15.8 Å². The van der Waals surface area contributed by atoms with Crippen LogP contribution in [0.5, 0.6) is 0 Å². The van der Waals surface area contributed by atoms with E-state index < -0.39 is 0 Å². The SMILES string of the molecule is N#Cc1cnc(-c2cccc(-n3c4ccccc4c4cc(C#N)ccc43)c2)c(C#N)c1. The second kappa shape index (κ2) is 7.16. The first-order valence-electron chi connectivity index (χ1n) is 9.58. The highest BCUT2D eigenvalue weighted by Gasteiger charge is 2.14. The fourth-order valence-electron chi connectivity index (χ4n) is 3.95. The molecule has 0 aliphatic rings. The number of nitriles is 3. The van der Waals surface area contributed by atoms with Crippen LogP contribution in [0.2, 0.25) is 0 Å². The van der Waals surface area contributed by atoms with Gasteiger partial charge in [-0.1, -0.05) is 30.3 Å². The third-order valence-electron chi connectivity index (χ3n) is 5.32. The van der Waals surface area contributed by atoms with Gasteiger partial charge in [0.25, 0.3) is 0 Å². The van der Waals surface area contributed by atoms with Gasteiger partial charge in [0.1, 0.15) is 12.1 Å². The van der Waals surface area contributed by atoms with Crippen LogP contribution in [0.4, 0.5) is 0 Å². The second-order valence-electron chi connectivity index (χ2n) is 7.09. The van der Waals surface area contributed by atoms with Gasteiger partial charge >= 0.3 is 0 Å². The zero-order valence-electron chi connectivity index (χ0n) is 16.2. The molecule has 0 aliphatic carbocycles. The Hall–Kier alpha value is -4.92. The molecular formula is C26H13N5. The van der Waals surface area contributed by atoms with E-state index >= 15 is 0 Å². The number of pyridine rings is 1. The molecule has 142 valence electrons. The van der Waals surface area contributed by atoms with Crippen LogP contribution >= 0.6 is 0 Å².